The third kappa shape index (κ3) is 4.73. The van der Waals surface area contributed by atoms with Gasteiger partial charge in [-0.1, -0.05) is 61.0 Å². The highest BCUT2D eigenvalue weighted by atomic mass is 35.5. The second-order valence-corrected chi connectivity index (χ2v) is 18.1. The Morgan fingerprint density at radius 2 is 1.78 bits per heavy atom. The number of rotatable bonds is 8. The number of nitrogens with zero attached hydrogens (tertiary/aromatic N) is 2. The average Bonchev–Trinajstić information content (AvgIpc) is 3.60. The molecular weight excluding hydrogens is 511 g/mol. The minimum atomic E-state index is -1.28. The number of carbonyl (C=O) groups is 2. The maximum atomic E-state index is 14.7. The van der Waals surface area contributed by atoms with Crippen LogP contribution in [0.1, 0.15) is 42.7 Å². The van der Waals surface area contributed by atoms with Crippen LogP contribution in [0.3, 0.4) is 0 Å². The Kier molecular flexibility index (Phi) is 7.01. The topological polar surface area (TPSA) is 49.9 Å². The number of likely N-dealkylation sites (tertiary alicyclic amines) is 1. The summed E-state index contributed by atoms with van der Waals surface area (Å²) in [5.41, 5.74) is 1.42. The Balaban J connectivity index is 1.61. The van der Waals surface area contributed by atoms with Crippen LogP contribution < -0.4 is 4.90 Å². The van der Waals surface area contributed by atoms with Gasteiger partial charge in [0.05, 0.1) is 5.69 Å². The van der Waals surface area contributed by atoms with Gasteiger partial charge in [0.1, 0.15) is 6.73 Å². The number of fused-ring (bicyclic) bond motifs is 2. The zero-order valence-electron chi connectivity index (χ0n) is 21.2. The first kappa shape index (κ1) is 25.8. The molecule has 2 fully saturated rings. The van der Waals surface area contributed by atoms with Crippen molar-refractivity contribution < 1.29 is 14.3 Å². The van der Waals surface area contributed by atoms with Crippen molar-refractivity contribution in [2.75, 3.05) is 24.8 Å². The van der Waals surface area contributed by atoms with E-state index in [1.807, 2.05) is 47.4 Å². The summed E-state index contributed by atoms with van der Waals surface area (Å²) in [6, 6.07) is 14.4. The van der Waals surface area contributed by atoms with Crippen LogP contribution in [0, 0.1) is 5.92 Å². The molecule has 1 unspecified atom stereocenters. The number of hydrogen-bond donors (Lipinski definition) is 0. The third-order valence-corrected chi connectivity index (χ3v) is 9.89. The highest BCUT2D eigenvalue weighted by Crippen LogP contribution is 2.57. The van der Waals surface area contributed by atoms with Gasteiger partial charge in [0.15, 0.2) is 5.54 Å². The molecule has 36 heavy (non-hydrogen) atoms. The van der Waals surface area contributed by atoms with E-state index < -0.39 is 13.6 Å². The highest BCUT2D eigenvalue weighted by Gasteiger charge is 2.63. The lowest BCUT2D eigenvalue weighted by Gasteiger charge is -2.49. The molecule has 192 valence electrons. The van der Waals surface area contributed by atoms with E-state index >= 15 is 0 Å². The van der Waals surface area contributed by atoms with Crippen LogP contribution in [0.25, 0.3) is 0 Å². The molecule has 0 N–H and O–H groups in total. The fraction of sp³-hybridized carbons (Fsp3) is 0.500. The van der Waals surface area contributed by atoms with E-state index in [1.165, 1.54) is 0 Å². The first-order valence-corrected chi connectivity index (χ1v) is 17.3. The highest BCUT2D eigenvalue weighted by molar-refractivity contribution is 6.76. The van der Waals surface area contributed by atoms with Gasteiger partial charge in [0.2, 0.25) is 5.91 Å². The van der Waals surface area contributed by atoms with Gasteiger partial charge in [-0.2, -0.15) is 0 Å². The molecule has 5 rings (SSSR count). The van der Waals surface area contributed by atoms with E-state index in [-0.39, 0.29) is 24.5 Å². The second kappa shape index (κ2) is 9.79. The minimum absolute atomic E-state index is 0.0379. The van der Waals surface area contributed by atoms with E-state index in [0.29, 0.717) is 42.0 Å². The number of piperidine rings is 1. The molecule has 8 heteroatoms. The molecule has 0 bridgehead atoms. The lowest BCUT2D eigenvalue weighted by Crippen LogP contribution is -2.61. The first-order chi connectivity index (χ1) is 17.1. The van der Waals surface area contributed by atoms with Gasteiger partial charge in [0.25, 0.3) is 5.91 Å². The van der Waals surface area contributed by atoms with Crippen LogP contribution in [0.5, 0.6) is 0 Å². The van der Waals surface area contributed by atoms with Gasteiger partial charge >= 0.3 is 0 Å². The smallest absolute Gasteiger partial charge is 0.260 e. The molecule has 2 aromatic carbocycles. The Morgan fingerprint density at radius 3 is 2.47 bits per heavy atom. The van der Waals surface area contributed by atoms with Gasteiger partial charge in [-0.3, -0.25) is 14.5 Å². The molecule has 2 atom stereocenters. The summed E-state index contributed by atoms with van der Waals surface area (Å²) in [4.78, 5) is 31.8. The Morgan fingerprint density at radius 1 is 1.03 bits per heavy atom. The molecule has 0 radical (unpaired) electrons. The molecule has 1 aliphatic carbocycles. The van der Waals surface area contributed by atoms with E-state index in [2.05, 4.69) is 19.6 Å². The lowest BCUT2D eigenvalue weighted by atomic mass is 9.69. The maximum Gasteiger partial charge on any atom is 0.260 e. The van der Waals surface area contributed by atoms with E-state index in [0.717, 1.165) is 35.7 Å². The largest absolute Gasteiger partial charge is 0.361 e. The van der Waals surface area contributed by atoms with Gasteiger partial charge in [-0.25, -0.2) is 0 Å². The van der Waals surface area contributed by atoms with Crippen LogP contribution in [-0.2, 0) is 19.9 Å². The van der Waals surface area contributed by atoms with E-state index in [9.17, 15) is 9.59 Å². The van der Waals surface area contributed by atoms with Crippen LogP contribution in [0.15, 0.2) is 42.5 Å². The van der Waals surface area contributed by atoms with Crippen molar-refractivity contribution in [1.82, 2.24) is 4.90 Å². The van der Waals surface area contributed by atoms with Gasteiger partial charge < -0.3 is 9.64 Å². The van der Waals surface area contributed by atoms with Gasteiger partial charge in [0, 0.05) is 49.2 Å². The molecule has 1 spiro atoms. The van der Waals surface area contributed by atoms with Crippen LogP contribution in [0.4, 0.5) is 5.69 Å². The molecule has 2 amide bonds. The second-order valence-electron chi connectivity index (χ2n) is 11.6. The summed E-state index contributed by atoms with van der Waals surface area (Å²) in [7, 11) is -1.28. The molecule has 2 heterocycles. The Hall–Kier alpha value is -1.86. The molecule has 2 aliphatic heterocycles. The van der Waals surface area contributed by atoms with Crippen molar-refractivity contribution in [3.05, 3.63) is 63.6 Å². The molecule has 3 aliphatic rings. The lowest BCUT2D eigenvalue weighted by molar-refractivity contribution is -0.154. The molecule has 0 aromatic heterocycles. The summed E-state index contributed by atoms with van der Waals surface area (Å²) in [6.45, 7) is 8.26. The summed E-state index contributed by atoms with van der Waals surface area (Å²) in [5.74, 6) is 0.156. The van der Waals surface area contributed by atoms with Gasteiger partial charge in [-0.05, 0) is 61.1 Å². The molecule has 1 saturated carbocycles. The molecular formula is C28H34Cl2N2O3Si. The van der Waals surface area contributed by atoms with Crippen molar-refractivity contribution >= 4 is 48.8 Å². The Bertz CT molecular complexity index is 1180. The molecule has 5 nitrogen and oxygen atoms in total. The minimum Gasteiger partial charge on any atom is -0.361 e. The monoisotopic (exact) mass is 544 g/mol. The summed E-state index contributed by atoms with van der Waals surface area (Å²) >= 11 is 12.9. The quantitative estimate of drug-likeness (QED) is 0.275. The van der Waals surface area contributed by atoms with Crippen LogP contribution >= 0.6 is 23.2 Å². The predicted molar refractivity (Wildman–Crippen MR) is 147 cm³/mol. The Labute approximate surface area is 224 Å². The maximum absolute atomic E-state index is 14.7. The molecule has 1 saturated heterocycles. The van der Waals surface area contributed by atoms with Crippen LogP contribution in [0.2, 0.25) is 35.7 Å². The van der Waals surface area contributed by atoms with E-state index in [4.69, 9.17) is 27.9 Å². The van der Waals surface area contributed by atoms with E-state index in [1.54, 1.807) is 4.90 Å². The first-order valence-electron chi connectivity index (χ1n) is 12.9. The van der Waals surface area contributed by atoms with Crippen LogP contribution in [-0.4, -0.2) is 44.7 Å². The summed E-state index contributed by atoms with van der Waals surface area (Å²) in [5, 5.41) is 1.18. The van der Waals surface area contributed by atoms with Crippen molar-refractivity contribution in [3.63, 3.8) is 0 Å². The van der Waals surface area contributed by atoms with Crippen molar-refractivity contribution in [1.29, 1.82) is 0 Å². The van der Waals surface area contributed by atoms with Crippen molar-refractivity contribution in [2.24, 2.45) is 5.92 Å². The number of anilines is 1. The number of benzene rings is 2. The normalized spacial score (nSPS) is 24.1. The van der Waals surface area contributed by atoms with Gasteiger partial charge in [-0.15, -0.1) is 0 Å². The standard InChI is InChI=1S/C28H34Cl2N2O3Si/c1-36(2,3)14-13-35-18-31-25-16-22(30)9-10-24(25)28(27(31)34)23(20-5-4-6-21(29)15-20)11-12-26(33)32(28)17-19-7-8-19/h4-6,9-10,15-16,19,23H,7-8,11-14,17-18H2,1-3H3/t23-,28?/m0/s1. The number of hydrogen-bond acceptors (Lipinski definition) is 3. The predicted octanol–water partition coefficient (Wildman–Crippen LogP) is 6.66. The number of carbonyl (C=O) groups excluding carboxylic acids is 2. The van der Waals surface area contributed by atoms with Crippen molar-refractivity contribution in [2.45, 2.75) is 62.8 Å². The molecule has 2 aromatic rings. The van der Waals surface area contributed by atoms with Crippen molar-refractivity contribution in [3.8, 4) is 0 Å². The summed E-state index contributed by atoms with van der Waals surface area (Å²) < 4.78 is 6.08. The fourth-order valence-corrected chi connectivity index (χ4v) is 6.79. The number of ether oxygens (including phenoxy) is 1. The number of halogens is 2. The third-order valence-electron chi connectivity index (χ3n) is 7.72. The number of amides is 2. The SMILES string of the molecule is C[Si](C)(C)CCOCN1C(=O)C2(c3ccc(Cl)cc31)[C@H](c1cccc(Cl)c1)CCC(=O)N2CC1CC1. The fourth-order valence-electron chi connectivity index (χ4n) is 5.67. The average molecular weight is 546 g/mol. The zero-order valence-corrected chi connectivity index (χ0v) is 23.7. The zero-order chi connectivity index (χ0) is 25.7. The summed E-state index contributed by atoms with van der Waals surface area (Å²) in [6.07, 6.45) is 3.17.